The Labute approximate surface area is 123 Å². The number of fused-ring (bicyclic) bond motifs is 1. The van der Waals surface area contributed by atoms with Gasteiger partial charge in [-0.25, -0.2) is 4.98 Å². The van der Waals surface area contributed by atoms with Crippen LogP contribution in [0.15, 0.2) is 18.2 Å². The van der Waals surface area contributed by atoms with Gasteiger partial charge in [-0.2, -0.15) is 0 Å². The van der Waals surface area contributed by atoms with Crippen molar-refractivity contribution >= 4 is 16.5 Å². The van der Waals surface area contributed by atoms with Crippen LogP contribution in [0.2, 0.25) is 0 Å². The van der Waals surface area contributed by atoms with E-state index in [2.05, 4.69) is 14.9 Å². The second-order valence-electron chi connectivity index (χ2n) is 5.34. The largest absolute Gasteiger partial charge is 0.388 e. The average Bonchev–Trinajstić information content (AvgIpc) is 2.84. The number of pyridine rings is 1. The van der Waals surface area contributed by atoms with Gasteiger partial charge in [-0.1, -0.05) is 17.4 Å². The molecule has 1 atom stereocenters. The molecule has 0 saturated carbocycles. The molecule has 106 valence electrons. The number of aromatic nitrogens is 2. The second kappa shape index (κ2) is 5.50. The highest BCUT2D eigenvalue weighted by Crippen LogP contribution is 2.37. The third-order valence-corrected chi connectivity index (χ3v) is 4.89. The van der Waals surface area contributed by atoms with Crippen molar-refractivity contribution in [3.8, 4) is 0 Å². The molecule has 0 aliphatic heterocycles. The van der Waals surface area contributed by atoms with E-state index in [1.807, 2.05) is 32.2 Å². The van der Waals surface area contributed by atoms with Crippen molar-refractivity contribution in [1.82, 2.24) is 9.97 Å². The van der Waals surface area contributed by atoms with Crippen molar-refractivity contribution in [2.45, 2.75) is 38.8 Å². The van der Waals surface area contributed by atoms with Gasteiger partial charge in [0.25, 0.3) is 0 Å². The third kappa shape index (κ3) is 2.69. The number of aliphatic hydroxyl groups excluding tert-OH is 1. The number of thiazole rings is 1. The van der Waals surface area contributed by atoms with Gasteiger partial charge in [-0.05, 0) is 38.3 Å². The molecule has 2 heterocycles. The predicted molar refractivity (Wildman–Crippen MR) is 81.1 cm³/mol. The van der Waals surface area contributed by atoms with E-state index in [0.717, 1.165) is 52.9 Å². The molecule has 1 N–H and O–H groups in total. The molecular weight excluding hydrogens is 270 g/mol. The van der Waals surface area contributed by atoms with Gasteiger partial charge in [0.15, 0.2) is 5.13 Å². The van der Waals surface area contributed by atoms with Crippen molar-refractivity contribution < 1.29 is 5.11 Å². The van der Waals surface area contributed by atoms with Crippen LogP contribution in [0.5, 0.6) is 0 Å². The van der Waals surface area contributed by atoms with Gasteiger partial charge in [-0.3, -0.25) is 4.98 Å². The van der Waals surface area contributed by atoms with Crippen LogP contribution in [0, 0.1) is 6.92 Å². The molecule has 0 amide bonds. The maximum atomic E-state index is 10.0. The molecule has 5 heteroatoms. The van der Waals surface area contributed by atoms with Crippen LogP contribution in [0.1, 0.15) is 40.9 Å². The van der Waals surface area contributed by atoms with Gasteiger partial charge in [0.05, 0.1) is 28.9 Å². The van der Waals surface area contributed by atoms with E-state index in [9.17, 15) is 5.11 Å². The van der Waals surface area contributed by atoms with Crippen molar-refractivity contribution in [3.05, 3.63) is 40.2 Å². The van der Waals surface area contributed by atoms with Crippen molar-refractivity contribution in [1.29, 1.82) is 0 Å². The van der Waals surface area contributed by atoms with E-state index in [1.165, 1.54) is 0 Å². The maximum Gasteiger partial charge on any atom is 0.185 e. The first-order valence-corrected chi connectivity index (χ1v) is 7.76. The highest BCUT2D eigenvalue weighted by Gasteiger charge is 2.23. The molecule has 1 unspecified atom stereocenters. The molecule has 0 saturated heterocycles. The van der Waals surface area contributed by atoms with Gasteiger partial charge in [0.2, 0.25) is 0 Å². The molecule has 4 nitrogen and oxygen atoms in total. The zero-order valence-electron chi connectivity index (χ0n) is 11.8. The van der Waals surface area contributed by atoms with Crippen LogP contribution in [-0.4, -0.2) is 22.1 Å². The Hall–Kier alpha value is -1.46. The number of hydrogen-bond acceptors (Lipinski definition) is 5. The van der Waals surface area contributed by atoms with E-state index in [0.29, 0.717) is 0 Å². The van der Waals surface area contributed by atoms with E-state index in [4.69, 9.17) is 0 Å². The fraction of sp³-hybridized carbons (Fsp3) is 0.467. The fourth-order valence-electron chi connectivity index (χ4n) is 2.55. The summed E-state index contributed by atoms with van der Waals surface area (Å²) in [6.45, 7) is 2.74. The van der Waals surface area contributed by atoms with Gasteiger partial charge in [0, 0.05) is 12.7 Å². The Morgan fingerprint density at radius 1 is 1.40 bits per heavy atom. The first-order valence-electron chi connectivity index (χ1n) is 6.95. The average molecular weight is 289 g/mol. The minimum atomic E-state index is -0.324. The van der Waals surface area contributed by atoms with Crippen LogP contribution in [-0.2, 0) is 13.0 Å². The third-order valence-electron chi connectivity index (χ3n) is 3.58. The fourth-order valence-corrected chi connectivity index (χ4v) is 3.64. The van der Waals surface area contributed by atoms with Crippen molar-refractivity contribution in [3.63, 3.8) is 0 Å². The van der Waals surface area contributed by atoms with E-state index >= 15 is 0 Å². The first kappa shape index (κ1) is 13.5. The van der Waals surface area contributed by atoms with Crippen LogP contribution >= 0.6 is 11.3 Å². The summed E-state index contributed by atoms with van der Waals surface area (Å²) in [5.41, 5.74) is 3.15. The molecular formula is C15H19N3OS. The number of anilines is 1. The maximum absolute atomic E-state index is 10.0. The lowest BCUT2D eigenvalue weighted by Gasteiger charge is -2.15. The molecule has 1 aliphatic rings. The second-order valence-corrected chi connectivity index (χ2v) is 6.35. The van der Waals surface area contributed by atoms with Crippen LogP contribution in [0.25, 0.3) is 0 Å². The lowest BCUT2D eigenvalue weighted by atomic mass is 10.0. The van der Waals surface area contributed by atoms with Crippen molar-refractivity contribution in [2.24, 2.45) is 0 Å². The van der Waals surface area contributed by atoms with Gasteiger partial charge >= 0.3 is 0 Å². The highest BCUT2D eigenvalue weighted by molar-refractivity contribution is 7.15. The lowest BCUT2D eigenvalue weighted by Crippen LogP contribution is -2.17. The predicted octanol–water partition coefficient (Wildman–Crippen LogP) is 2.85. The standard InChI is InChI=1S/C15H19N3OS/c1-10-5-3-6-11(16-10)9-18(2)15-17-12-7-4-8-13(19)14(12)20-15/h3,5-6,13,19H,4,7-9H2,1-2H3. The molecule has 2 aromatic heterocycles. The van der Waals surface area contributed by atoms with E-state index in [-0.39, 0.29) is 6.10 Å². The monoisotopic (exact) mass is 289 g/mol. The summed E-state index contributed by atoms with van der Waals surface area (Å²) in [6, 6.07) is 6.07. The van der Waals surface area contributed by atoms with Crippen LogP contribution < -0.4 is 4.90 Å². The summed E-state index contributed by atoms with van der Waals surface area (Å²) in [5.74, 6) is 0. The summed E-state index contributed by atoms with van der Waals surface area (Å²) < 4.78 is 0. The molecule has 20 heavy (non-hydrogen) atoms. The summed E-state index contributed by atoms with van der Waals surface area (Å²) in [4.78, 5) is 12.4. The number of nitrogens with zero attached hydrogens (tertiary/aromatic N) is 3. The molecule has 0 spiro atoms. The summed E-state index contributed by atoms with van der Waals surface area (Å²) in [6.07, 6.45) is 2.55. The molecule has 0 fully saturated rings. The van der Waals surface area contributed by atoms with Crippen LogP contribution in [0.4, 0.5) is 5.13 Å². The number of rotatable bonds is 3. The lowest BCUT2D eigenvalue weighted by molar-refractivity contribution is 0.160. The molecule has 0 bridgehead atoms. The van der Waals surface area contributed by atoms with E-state index in [1.54, 1.807) is 11.3 Å². The summed E-state index contributed by atoms with van der Waals surface area (Å²) in [7, 11) is 2.03. The zero-order valence-corrected chi connectivity index (χ0v) is 12.7. The van der Waals surface area contributed by atoms with Gasteiger partial charge in [0.1, 0.15) is 0 Å². The Kier molecular flexibility index (Phi) is 3.72. The molecule has 0 aromatic carbocycles. The Morgan fingerprint density at radius 2 is 2.25 bits per heavy atom. The molecule has 3 rings (SSSR count). The number of aryl methyl sites for hydroxylation is 2. The molecule has 2 aromatic rings. The minimum Gasteiger partial charge on any atom is -0.388 e. The highest BCUT2D eigenvalue weighted by atomic mass is 32.1. The summed E-state index contributed by atoms with van der Waals surface area (Å²) >= 11 is 1.61. The zero-order chi connectivity index (χ0) is 14.1. The Balaban J connectivity index is 1.79. The molecule has 1 aliphatic carbocycles. The Morgan fingerprint density at radius 3 is 3.00 bits per heavy atom. The number of aliphatic hydroxyl groups is 1. The van der Waals surface area contributed by atoms with Crippen LogP contribution in [0.3, 0.4) is 0 Å². The van der Waals surface area contributed by atoms with E-state index < -0.39 is 0 Å². The normalized spacial score (nSPS) is 17.9. The number of hydrogen-bond donors (Lipinski definition) is 1. The smallest absolute Gasteiger partial charge is 0.185 e. The van der Waals surface area contributed by atoms with Crippen molar-refractivity contribution in [2.75, 3.05) is 11.9 Å². The molecule has 0 radical (unpaired) electrons. The SMILES string of the molecule is Cc1cccc(CN(C)c2nc3c(s2)C(O)CCC3)n1. The summed E-state index contributed by atoms with van der Waals surface area (Å²) in [5, 5.41) is 11.0. The van der Waals surface area contributed by atoms with Gasteiger partial charge < -0.3 is 10.0 Å². The quantitative estimate of drug-likeness (QED) is 0.944. The van der Waals surface area contributed by atoms with Gasteiger partial charge in [-0.15, -0.1) is 0 Å². The minimum absolute atomic E-state index is 0.324. The first-order chi connectivity index (χ1) is 9.63. The Bertz CT molecular complexity index is 611. The topological polar surface area (TPSA) is 49.2 Å².